The fourth-order valence-corrected chi connectivity index (χ4v) is 3.61. The van der Waals surface area contributed by atoms with Gasteiger partial charge in [0.1, 0.15) is 23.1 Å². The molecule has 0 unspecified atom stereocenters. The molecular formula is C10H5NO3S2. The first kappa shape index (κ1) is 10.9. The van der Waals surface area contributed by atoms with Crippen molar-refractivity contribution in [3.05, 3.63) is 21.9 Å². The Labute approximate surface area is 99.6 Å². The maximum absolute atomic E-state index is 10.6. The Bertz CT molecular complexity index is 513. The molecule has 1 aromatic carbocycles. The highest BCUT2D eigenvalue weighted by molar-refractivity contribution is 8.24. The van der Waals surface area contributed by atoms with E-state index in [2.05, 4.69) is 0 Å². The van der Waals surface area contributed by atoms with Crippen LogP contribution in [0.25, 0.3) is 0 Å². The Hall–Kier alpha value is -1.58. The van der Waals surface area contributed by atoms with E-state index in [1.54, 1.807) is 6.07 Å². The van der Waals surface area contributed by atoms with Crippen LogP contribution in [0, 0.1) is 11.3 Å². The molecule has 0 amide bonds. The number of benzene rings is 1. The summed E-state index contributed by atoms with van der Waals surface area (Å²) in [5.74, 6) is 0.0620. The lowest BCUT2D eigenvalue weighted by Gasteiger charge is -2.00. The van der Waals surface area contributed by atoms with Crippen molar-refractivity contribution in [3.8, 4) is 17.6 Å². The molecular weight excluding hydrogens is 246 g/mol. The minimum Gasteiger partial charge on any atom is -0.507 e. The van der Waals surface area contributed by atoms with Gasteiger partial charge in [-0.15, -0.1) is 0 Å². The first-order valence-electron chi connectivity index (χ1n) is 4.17. The minimum absolute atomic E-state index is 0.00463. The molecule has 16 heavy (non-hydrogen) atoms. The number of hydrogen-bond donors (Lipinski definition) is 2. The predicted molar refractivity (Wildman–Crippen MR) is 60.2 cm³/mol. The number of nitrogens with zero attached hydrogens (tertiary/aromatic N) is 1. The summed E-state index contributed by atoms with van der Waals surface area (Å²) in [5.41, 5.74) is 0.00463. The molecule has 1 aromatic rings. The first-order valence-corrected chi connectivity index (χ1v) is 5.81. The van der Waals surface area contributed by atoms with Crippen molar-refractivity contribution in [2.75, 3.05) is 0 Å². The van der Waals surface area contributed by atoms with Crippen molar-refractivity contribution in [1.82, 2.24) is 0 Å². The summed E-state index contributed by atoms with van der Waals surface area (Å²) in [6.07, 6.45) is 0.468. The second-order valence-corrected chi connectivity index (χ2v) is 5.20. The van der Waals surface area contributed by atoms with E-state index in [1.807, 2.05) is 0 Å². The second kappa shape index (κ2) is 4.12. The largest absolute Gasteiger partial charge is 0.507 e. The number of aromatic hydroxyl groups is 2. The molecule has 80 valence electrons. The molecule has 0 aromatic heterocycles. The number of aldehydes is 1. The maximum Gasteiger partial charge on any atom is 0.162 e. The fourth-order valence-electron chi connectivity index (χ4n) is 1.18. The smallest absolute Gasteiger partial charge is 0.162 e. The van der Waals surface area contributed by atoms with Crippen molar-refractivity contribution in [1.29, 1.82) is 5.26 Å². The number of phenolic OH excluding ortho intramolecular Hbond substituents is 2. The highest BCUT2D eigenvalue weighted by Crippen LogP contribution is 2.58. The van der Waals surface area contributed by atoms with Gasteiger partial charge in [-0.2, -0.15) is 5.26 Å². The van der Waals surface area contributed by atoms with Crippen LogP contribution in [0.15, 0.2) is 31.7 Å². The molecule has 0 saturated carbocycles. The van der Waals surface area contributed by atoms with E-state index in [1.165, 1.54) is 12.1 Å². The Morgan fingerprint density at radius 2 is 1.75 bits per heavy atom. The third-order valence-electron chi connectivity index (χ3n) is 1.92. The molecule has 0 radical (unpaired) electrons. The Morgan fingerprint density at radius 3 is 2.12 bits per heavy atom. The molecule has 0 saturated heterocycles. The lowest BCUT2D eigenvalue weighted by molar-refractivity contribution is -0.104. The molecule has 2 rings (SSSR count). The van der Waals surface area contributed by atoms with Crippen molar-refractivity contribution in [2.45, 2.75) is 9.79 Å². The van der Waals surface area contributed by atoms with Crippen LogP contribution in [-0.2, 0) is 4.79 Å². The fraction of sp³-hybridized carbons (Fsp3) is 0. The highest BCUT2D eigenvalue weighted by atomic mass is 32.2. The topological polar surface area (TPSA) is 81.3 Å². The number of rotatable bonds is 1. The lowest BCUT2D eigenvalue weighted by Crippen LogP contribution is -1.80. The molecule has 0 spiro atoms. The third-order valence-corrected chi connectivity index (χ3v) is 4.59. The monoisotopic (exact) mass is 251 g/mol. The van der Waals surface area contributed by atoms with E-state index in [0.29, 0.717) is 20.3 Å². The molecule has 1 aliphatic rings. The van der Waals surface area contributed by atoms with Crippen LogP contribution in [-0.4, -0.2) is 16.5 Å². The van der Waals surface area contributed by atoms with Gasteiger partial charge < -0.3 is 10.2 Å². The SMILES string of the molecule is N#CC(C=O)=C1Sc2c(O)ccc(O)c2S1. The highest BCUT2D eigenvalue weighted by Gasteiger charge is 2.26. The number of carbonyl (C=O) groups is 1. The van der Waals surface area contributed by atoms with Crippen LogP contribution >= 0.6 is 23.5 Å². The quantitative estimate of drug-likeness (QED) is 0.345. The van der Waals surface area contributed by atoms with Gasteiger partial charge in [-0.3, -0.25) is 4.79 Å². The average Bonchev–Trinajstić information content (AvgIpc) is 2.71. The summed E-state index contributed by atoms with van der Waals surface area (Å²) in [6.45, 7) is 0. The Morgan fingerprint density at radius 1 is 1.25 bits per heavy atom. The zero-order valence-corrected chi connectivity index (χ0v) is 9.43. The van der Waals surface area contributed by atoms with Crippen LogP contribution in [0.3, 0.4) is 0 Å². The average molecular weight is 251 g/mol. The van der Waals surface area contributed by atoms with Gasteiger partial charge in [0.25, 0.3) is 0 Å². The molecule has 4 nitrogen and oxygen atoms in total. The first-order chi connectivity index (χ1) is 7.67. The summed E-state index contributed by atoms with van der Waals surface area (Å²) < 4.78 is 0.476. The van der Waals surface area contributed by atoms with E-state index in [9.17, 15) is 15.0 Å². The van der Waals surface area contributed by atoms with Crippen molar-refractivity contribution >= 4 is 29.8 Å². The van der Waals surface area contributed by atoms with Crippen LogP contribution in [0.4, 0.5) is 0 Å². The number of thioether (sulfide) groups is 2. The Balaban J connectivity index is 2.54. The number of phenols is 2. The predicted octanol–water partition coefficient (Wildman–Crippen LogP) is 2.23. The van der Waals surface area contributed by atoms with E-state index < -0.39 is 0 Å². The van der Waals surface area contributed by atoms with E-state index in [0.717, 1.165) is 23.5 Å². The van der Waals surface area contributed by atoms with Gasteiger partial charge in [-0.1, -0.05) is 23.5 Å². The van der Waals surface area contributed by atoms with Gasteiger partial charge in [-0.25, -0.2) is 0 Å². The summed E-state index contributed by atoms with van der Waals surface area (Å²) in [5, 5.41) is 27.8. The van der Waals surface area contributed by atoms with Crippen LogP contribution in [0.1, 0.15) is 0 Å². The van der Waals surface area contributed by atoms with E-state index in [-0.39, 0.29) is 17.1 Å². The summed E-state index contributed by atoms with van der Waals surface area (Å²) in [7, 11) is 0. The number of allylic oxidation sites excluding steroid dienone is 1. The van der Waals surface area contributed by atoms with E-state index >= 15 is 0 Å². The van der Waals surface area contributed by atoms with Crippen LogP contribution in [0.2, 0.25) is 0 Å². The number of nitriles is 1. The van der Waals surface area contributed by atoms with Gasteiger partial charge >= 0.3 is 0 Å². The molecule has 0 atom stereocenters. The Kier molecular flexibility index (Phi) is 2.81. The third kappa shape index (κ3) is 1.64. The maximum atomic E-state index is 10.6. The van der Waals surface area contributed by atoms with Gasteiger partial charge in [-0.05, 0) is 12.1 Å². The van der Waals surface area contributed by atoms with Gasteiger partial charge in [0.05, 0.1) is 14.0 Å². The van der Waals surface area contributed by atoms with Crippen LogP contribution in [0.5, 0.6) is 11.5 Å². The van der Waals surface area contributed by atoms with Gasteiger partial charge in [0.15, 0.2) is 6.29 Å². The minimum atomic E-state index is 0.00463. The zero-order chi connectivity index (χ0) is 11.7. The molecule has 0 bridgehead atoms. The molecule has 0 aliphatic carbocycles. The molecule has 0 fully saturated rings. The number of fused-ring (bicyclic) bond motifs is 1. The molecule has 6 heteroatoms. The van der Waals surface area contributed by atoms with Crippen molar-refractivity contribution in [3.63, 3.8) is 0 Å². The molecule has 2 N–H and O–H groups in total. The van der Waals surface area contributed by atoms with Crippen molar-refractivity contribution < 1.29 is 15.0 Å². The second-order valence-electron chi connectivity index (χ2n) is 2.90. The standard InChI is InChI=1S/C10H5NO3S2/c11-3-5(4-12)10-15-8-6(13)1-2-7(14)9(8)16-10/h1-2,4,13-14H. The number of carbonyl (C=O) groups excluding carboxylic acids is 1. The summed E-state index contributed by atoms with van der Waals surface area (Å²) in [4.78, 5) is 11.6. The summed E-state index contributed by atoms with van der Waals surface area (Å²) in [6, 6.07) is 4.52. The molecule has 1 aliphatic heterocycles. The van der Waals surface area contributed by atoms with Gasteiger partial charge in [0, 0.05) is 0 Å². The molecule has 1 heterocycles. The number of hydrogen-bond acceptors (Lipinski definition) is 6. The van der Waals surface area contributed by atoms with Crippen LogP contribution < -0.4 is 0 Å². The van der Waals surface area contributed by atoms with E-state index in [4.69, 9.17) is 5.26 Å². The summed E-state index contributed by atoms with van der Waals surface area (Å²) >= 11 is 2.23. The zero-order valence-electron chi connectivity index (χ0n) is 7.80. The van der Waals surface area contributed by atoms with Gasteiger partial charge in [0.2, 0.25) is 0 Å². The lowest BCUT2D eigenvalue weighted by atomic mass is 10.3. The normalized spacial score (nSPS) is 13.1. The van der Waals surface area contributed by atoms with Crippen molar-refractivity contribution in [2.24, 2.45) is 0 Å².